The van der Waals surface area contributed by atoms with E-state index in [4.69, 9.17) is 24.7 Å². The summed E-state index contributed by atoms with van der Waals surface area (Å²) in [6.45, 7) is 1.87. The van der Waals surface area contributed by atoms with Gasteiger partial charge in [0.25, 0.3) is 5.91 Å². The Hall–Kier alpha value is -2.61. The molecule has 0 fully saturated rings. The second kappa shape index (κ2) is 13.9. The number of nitrogens with two attached hydrogens (primary N) is 1. The SMILES string of the molecule is NC(=O)c1nc(Nc2cccc(I)c2)c2ccc(OCCOCCOCCOCCF)cc2n1. The molecule has 1 heterocycles. The van der Waals surface area contributed by atoms with Crippen molar-refractivity contribution in [2.45, 2.75) is 0 Å². The van der Waals surface area contributed by atoms with Crippen LogP contribution in [-0.2, 0) is 14.2 Å². The lowest BCUT2D eigenvalue weighted by Gasteiger charge is -2.12. The topological polar surface area (TPSA) is 118 Å². The molecule has 1 aromatic heterocycles. The molecule has 182 valence electrons. The van der Waals surface area contributed by atoms with Gasteiger partial charge < -0.3 is 30.0 Å². The Morgan fingerprint density at radius 1 is 0.941 bits per heavy atom. The first-order valence-corrected chi connectivity index (χ1v) is 11.7. The zero-order valence-corrected chi connectivity index (χ0v) is 20.6. The fraction of sp³-hybridized carbons (Fsp3) is 0.348. The zero-order chi connectivity index (χ0) is 24.2. The van der Waals surface area contributed by atoms with E-state index in [0.717, 1.165) is 14.6 Å². The summed E-state index contributed by atoms with van der Waals surface area (Å²) in [5.41, 5.74) is 6.79. The van der Waals surface area contributed by atoms with Crippen molar-refractivity contribution < 1.29 is 28.1 Å². The summed E-state index contributed by atoms with van der Waals surface area (Å²) >= 11 is 2.22. The van der Waals surface area contributed by atoms with E-state index in [1.165, 1.54) is 0 Å². The lowest BCUT2D eigenvalue weighted by molar-refractivity contribution is 0.00751. The molecule has 11 heteroatoms. The molecule has 0 saturated carbocycles. The number of benzene rings is 2. The van der Waals surface area contributed by atoms with Gasteiger partial charge in [-0.1, -0.05) is 6.07 Å². The molecule has 0 saturated heterocycles. The highest BCUT2D eigenvalue weighted by Crippen LogP contribution is 2.27. The van der Waals surface area contributed by atoms with E-state index in [1.807, 2.05) is 30.3 Å². The average Bonchev–Trinajstić information content (AvgIpc) is 2.82. The van der Waals surface area contributed by atoms with Crippen LogP contribution in [0.2, 0.25) is 0 Å². The predicted molar refractivity (Wildman–Crippen MR) is 134 cm³/mol. The maximum atomic E-state index is 11.9. The molecular formula is C23H26FIN4O5. The summed E-state index contributed by atoms with van der Waals surface area (Å²) in [6.07, 6.45) is 0. The monoisotopic (exact) mass is 584 g/mol. The summed E-state index contributed by atoms with van der Waals surface area (Å²) < 4.78 is 34.4. The van der Waals surface area contributed by atoms with Crippen molar-refractivity contribution in [3.8, 4) is 5.75 Å². The first kappa shape index (κ1) is 26.0. The smallest absolute Gasteiger partial charge is 0.286 e. The highest BCUT2D eigenvalue weighted by atomic mass is 127. The molecule has 9 nitrogen and oxygen atoms in total. The maximum Gasteiger partial charge on any atom is 0.286 e. The number of alkyl halides is 1. The van der Waals surface area contributed by atoms with E-state index < -0.39 is 12.6 Å². The number of rotatable bonds is 15. The maximum absolute atomic E-state index is 11.9. The third kappa shape index (κ3) is 8.31. The third-order valence-electron chi connectivity index (χ3n) is 4.44. The Kier molecular flexibility index (Phi) is 10.7. The Morgan fingerprint density at radius 2 is 1.65 bits per heavy atom. The molecule has 0 radical (unpaired) electrons. The van der Waals surface area contributed by atoms with E-state index in [0.29, 0.717) is 56.7 Å². The van der Waals surface area contributed by atoms with Gasteiger partial charge in [-0.15, -0.1) is 0 Å². The molecule has 0 spiro atoms. The second-order valence-electron chi connectivity index (χ2n) is 6.95. The van der Waals surface area contributed by atoms with Crippen molar-refractivity contribution in [1.29, 1.82) is 0 Å². The van der Waals surface area contributed by atoms with Gasteiger partial charge in [-0.05, 0) is 52.9 Å². The third-order valence-corrected chi connectivity index (χ3v) is 5.11. The fourth-order valence-electron chi connectivity index (χ4n) is 2.92. The van der Waals surface area contributed by atoms with Crippen LogP contribution in [0.25, 0.3) is 10.9 Å². The number of fused-ring (bicyclic) bond motifs is 1. The van der Waals surface area contributed by atoms with Gasteiger partial charge in [-0.25, -0.2) is 14.4 Å². The fourth-order valence-corrected chi connectivity index (χ4v) is 3.47. The minimum absolute atomic E-state index is 0.0868. The number of carbonyl (C=O) groups is 1. The molecule has 2 aromatic carbocycles. The first-order valence-electron chi connectivity index (χ1n) is 10.6. The van der Waals surface area contributed by atoms with Crippen LogP contribution in [0.4, 0.5) is 15.9 Å². The van der Waals surface area contributed by atoms with Crippen LogP contribution in [0.5, 0.6) is 5.75 Å². The van der Waals surface area contributed by atoms with Crippen molar-refractivity contribution in [3.05, 3.63) is 51.9 Å². The molecule has 3 N–H and O–H groups in total. The highest BCUT2D eigenvalue weighted by molar-refractivity contribution is 14.1. The van der Waals surface area contributed by atoms with Crippen LogP contribution < -0.4 is 15.8 Å². The Labute approximate surface area is 210 Å². The Morgan fingerprint density at radius 3 is 2.32 bits per heavy atom. The summed E-state index contributed by atoms with van der Waals surface area (Å²) in [4.78, 5) is 20.3. The normalized spacial score (nSPS) is 11.0. The molecule has 0 unspecified atom stereocenters. The number of aromatic nitrogens is 2. The zero-order valence-electron chi connectivity index (χ0n) is 18.5. The second-order valence-corrected chi connectivity index (χ2v) is 8.19. The van der Waals surface area contributed by atoms with Crippen LogP contribution in [0.1, 0.15) is 10.6 Å². The summed E-state index contributed by atoms with van der Waals surface area (Å²) in [6, 6.07) is 13.1. The molecule has 0 aliphatic carbocycles. The van der Waals surface area contributed by atoms with Gasteiger partial charge in [0.05, 0.1) is 45.2 Å². The molecule has 1 amide bonds. The van der Waals surface area contributed by atoms with E-state index in [-0.39, 0.29) is 12.4 Å². The van der Waals surface area contributed by atoms with E-state index >= 15 is 0 Å². The molecule has 0 aliphatic heterocycles. The minimum atomic E-state index is -0.719. The van der Waals surface area contributed by atoms with Gasteiger partial charge in [0, 0.05) is 20.7 Å². The highest BCUT2D eigenvalue weighted by Gasteiger charge is 2.13. The summed E-state index contributed by atoms with van der Waals surface area (Å²) in [7, 11) is 0. The molecule has 0 atom stereocenters. The Bertz CT molecular complexity index is 1090. The number of nitrogens with zero attached hydrogens (tertiary/aromatic N) is 2. The molecular weight excluding hydrogens is 558 g/mol. The van der Waals surface area contributed by atoms with Gasteiger partial charge >= 0.3 is 0 Å². The molecule has 0 bridgehead atoms. The first-order chi connectivity index (χ1) is 16.6. The van der Waals surface area contributed by atoms with Gasteiger partial charge in [-0.3, -0.25) is 4.79 Å². The van der Waals surface area contributed by atoms with Crippen molar-refractivity contribution in [1.82, 2.24) is 9.97 Å². The van der Waals surface area contributed by atoms with Crippen molar-refractivity contribution in [3.63, 3.8) is 0 Å². The van der Waals surface area contributed by atoms with Crippen LogP contribution in [-0.4, -0.2) is 68.8 Å². The van der Waals surface area contributed by atoms with Gasteiger partial charge in [0.1, 0.15) is 24.8 Å². The summed E-state index contributed by atoms with van der Waals surface area (Å²) in [5, 5.41) is 3.95. The molecule has 0 aliphatic rings. The van der Waals surface area contributed by atoms with Crippen molar-refractivity contribution >= 4 is 50.9 Å². The number of primary amides is 1. The molecule has 3 rings (SSSR count). The lowest BCUT2D eigenvalue weighted by Crippen LogP contribution is -2.16. The number of hydrogen-bond donors (Lipinski definition) is 2. The van der Waals surface area contributed by atoms with Crippen LogP contribution in [0, 0.1) is 3.57 Å². The molecule has 3 aromatic rings. The number of carbonyl (C=O) groups excluding carboxylic acids is 1. The number of halogens is 2. The number of ether oxygens (including phenoxy) is 4. The van der Waals surface area contributed by atoms with E-state index in [1.54, 1.807) is 12.1 Å². The van der Waals surface area contributed by atoms with Gasteiger partial charge in [0.2, 0.25) is 5.82 Å². The number of hydrogen-bond acceptors (Lipinski definition) is 8. The lowest BCUT2D eigenvalue weighted by atomic mass is 10.2. The number of nitrogens with one attached hydrogen (secondary N) is 1. The van der Waals surface area contributed by atoms with Crippen LogP contribution in [0.15, 0.2) is 42.5 Å². The minimum Gasteiger partial charge on any atom is -0.491 e. The predicted octanol–water partition coefficient (Wildman–Crippen LogP) is 3.48. The van der Waals surface area contributed by atoms with Crippen molar-refractivity contribution in [2.75, 3.05) is 58.2 Å². The number of amides is 1. The van der Waals surface area contributed by atoms with Gasteiger partial charge in [-0.2, -0.15) is 0 Å². The van der Waals surface area contributed by atoms with Gasteiger partial charge in [0.15, 0.2) is 0 Å². The standard InChI is InChI=1S/C23H26FIN4O5/c24-6-7-31-8-9-32-10-11-33-12-13-34-18-4-5-19-20(15-18)28-23(21(26)30)29-22(19)27-17-3-1-2-16(25)14-17/h1-5,14-15H,6-13H2,(H2,26,30)(H,27,28,29). The average molecular weight is 584 g/mol. The number of anilines is 2. The van der Waals surface area contributed by atoms with Crippen LogP contribution >= 0.6 is 22.6 Å². The van der Waals surface area contributed by atoms with E-state index in [2.05, 4.69) is 37.9 Å². The molecule has 34 heavy (non-hydrogen) atoms. The largest absolute Gasteiger partial charge is 0.491 e. The van der Waals surface area contributed by atoms with Crippen molar-refractivity contribution in [2.24, 2.45) is 5.73 Å². The summed E-state index contributed by atoms with van der Waals surface area (Å²) in [5.74, 6) is 0.247. The van der Waals surface area contributed by atoms with Crippen LogP contribution in [0.3, 0.4) is 0 Å². The quantitative estimate of drug-likeness (QED) is 0.206. The Balaban J connectivity index is 1.54. The van der Waals surface area contributed by atoms with E-state index in [9.17, 15) is 9.18 Å².